The van der Waals surface area contributed by atoms with Crippen LogP contribution in [0.15, 0.2) is 24.8 Å². The summed E-state index contributed by atoms with van der Waals surface area (Å²) in [6.45, 7) is 6.48. The highest BCUT2D eigenvalue weighted by Gasteiger charge is 2.47. The molecule has 2 aliphatic rings. The van der Waals surface area contributed by atoms with Crippen molar-refractivity contribution in [1.82, 2.24) is 24.8 Å². The van der Waals surface area contributed by atoms with E-state index in [1.165, 1.54) is 12.4 Å². The minimum atomic E-state index is -0.613. The Hall–Kier alpha value is -2.55. The van der Waals surface area contributed by atoms with Crippen LogP contribution >= 0.6 is 0 Å². The van der Waals surface area contributed by atoms with E-state index >= 15 is 0 Å². The molecule has 0 radical (unpaired) electrons. The molecular weight excluding hydrogens is 363 g/mol. The molecule has 2 aromatic heterocycles. The van der Waals surface area contributed by atoms with Crippen LogP contribution in [0.3, 0.4) is 0 Å². The van der Waals surface area contributed by atoms with Crippen molar-refractivity contribution in [2.24, 2.45) is 5.92 Å². The number of halogens is 1. The Balaban J connectivity index is 1.50. The number of ether oxygens (including phenoxy) is 1. The third kappa shape index (κ3) is 3.58. The molecule has 0 saturated carbocycles. The Morgan fingerprint density at radius 3 is 2.71 bits per heavy atom. The number of aromatic nitrogens is 4. The van der Waals surface area contributed by atoms with Gasteiger partial charge in [0.05, 0.1) is 18.9 Å². The maximum absolute atomic E-state index is 13.1. The van der Waals surface area contributed by atoms with Gasteiger partial charge in [0.15, 0.2) is 11.9 Å². The van der Waals surface area contributed by atoms with Gasteiger partial charge in [-0.05, 0) is 5.92 Å². The number of amides is 1. The highest BCUT2D eigenvalue weighted by Crippen LogP contribution is 2.40. The lowest BCUT2D eigenvalue weighted by atomic mass is 9.88. The lowest BCUT2D eigenvalue weighted by Gasteiger charge is -2.45. The van der Waals surface area contributed by atoms with E-state index < -0.39 is 17.5 Å². The van der Waals surface area contributed by atoms with E-state index in [2.05, 4.69) is 34.1 Å². The highest BCUT2D eigenvalue weighted by atomic mass is 19.1. The Kier molecular flexibility index (Phi) is 5.01. The third-order valence-corrected chi connectivity index (χ3v) is 5.29. The van der Waals surface area contributed by atoms with Crippen molar-refractivity contribution in [3.8, 4) is 0 Å². The van der Waals surface area contributed by atoms with Gasteiger partial charge in [-0.25, -0.2) is 19.3 Å². The van der Waals surface area contributed by atoms with Crippen LogP contribution in [0, 0.1) is 11.7 Å². The van der Waals surface area contributed by atoms with Gasteiger partial charge in [-0.2, -0.15) is 0 Å². The predicted molar refractivity (Wildman–Crippen MR) is 100 cm³/mol. The Bertz CT molecular complexity index is 829. The molecule has 2 aliphatic heterocycles. The first-order chi connectivity index (χ1) is 13.5. The molecule has 150 valence electrons. The topological polar surface area (TPSA) is 85.2 Å². The number of fused-ring (bicyclic) bond motifs is 2. The molecule has 4 heterocycles. The van der Waals surface area contributed by atoms with Crippen LogP contribution in [-0.2, 0) is 21.7 Å². The standard InChI is InChI=1S/C19H25FN6O2/c1-13(2)9-22-16(27)15-12-26-8-5-21-17(26)19(28-15)3-6-25(7-4-19)18-23-10-14(20)11-24-18/h5,8,10-11,13,15H,3-4,6-7,9,12H2,1-2H3,(H,22,27). The molecule has 1 spiro atoms. The van der Waals surface area contributed by atoms with Crippen molar-refractivity contribution in [3.63, 3.8) is 0 Å². The van der Waals surface area contributed by atoms with Gasteiger partial charge in [0.1, 0.15) is 11.4 Å². The number of hydrogen-bond donors (Lipinski definition) is 1. The van der Waals surface area contributed by atoms with E-state index in [-0.39, 0.29) is 5.91 Å². The summed E-state index contributed by atoms with van der Waals surface area (Å²) in [7, 11) is 0. The number of carbonyl (C=O) groups is 1. The van der Waals surface area contributed by atoms with Gasteiger partial charge in [-0.15, -0.1) is 0 Å². The minimum Gasteiger partial charge on any atom is -0.354 e. The Morgan fingerprint density at radius 2 is 2.04 bits per heavy atom. The third-order valence-electron chi connectivity index (χ3n) is 5.29. The van der Waals surface area contributed by atoms with Gasteiger partial charge in [0.2, 0.25) is 5.95 Å². The minimum absolute atomic E-state index is 0.0864. The highest BCUT2D eigenvalue weighted by molar-refractivity contribution is 5.80. The largest absolute Gasteiger partial charge is 0.354 e. The van der Waals surface area contributed by atoms with Crippen LogP contribution in [0.25, 0.3) is 0 Å². The smallest absolute Gasteiger partial charge is 0.251 e. The van der Waals surface area contributed by atoms with Crippen molar-refractivity contribution in [2.75, 3.05) is 24.5 Å². The lowest BCUT2D eigenvalue weighted by Crippen LogP contribution is -2.54. The Morgan fingerprint density at radius 1 is 1.32 bits per heavy atom. The number of imidazole rings is 1. The number of rotatable bonds is 4. The first-order valence-corrected chi connectivity index (χ1v) is 9.66. The zero-order valence-corrected chi connectivity index (χ0v) is 16.1. The SMILES string of the molecule is CC(C)CNC(=O)C1Cn2ccnc2C2(CCN(c3ncc(F)cn3)CC2)O1. The van der Waals surface area contributed by atoms with Gasteiger partial charge in [0, 0.05) is 44.9 Å². The van der Waals surface area contributed by atoms with E-state index in [4.69, 9.17) is 4.74 Å². The van der Waals surface area contributed by atoms with Crippen molar-refractivity contribution in [2.45, 2.75) is 44.9 Å². The molecule has 1 saturated heterocycles. The van der Waals surface area contributed by atoms with Crippen LogP contribution < -0.4 is 10.2 Å². The summed E-state index contributed by atoms with van der Waals surface area (Å²) >= 11 is 0. The van der Waals surface area contributed by atoms with Crippen LogP contribution in [0.1, 0.15) is 32.5 Å². The van der Waals surface area contributed by atoms with Crippen molar-refractivity contribution < 1.29 is 13.9 Å². The zero-order valence-electron chi connectivity index (χ0n) is 16.1. The van der Waals surface area contributed by atoms with E-state index in [1.54, 1.807) is 6.20 Å². The molecule has 8 nitrogen and oxygen atoms in total. The van der Waals surface area contributed by atoms with Crippen LogP contribution in [0.2, 0.25) is 0 Å². The monoisotopic (exact) mass is 388 g/mol. The number of nitrogens with one attached hydrogen (secondary N) is 1. The molecule has 1 N–H and O–H groups in total. The average molecular weight is 388 g/mol. The zero-order chi connectivity index (χ0) is 19.7. The van der Waals surface area contributed by atoms with Crippen molar-refractivity contribution in [1.29, 1.82) is 0 Å². The average Bonchev–Trinajstić information content (AvgIpc) is 3.17. The normalized spacial score (nSPS) is 21.0. The van der Waals surface area contributed by atoms with E-state index in [0.29, 0.717) is 50.9 Å². The number of nitrogens with zero attached hydrogens (tertiary/aromatic N) is 5. The number of piperidine rings is 1. The summed E-state index contributed by atoms with van der Waals surface area (Å²) in [4.78, 5) is 27.3. The first-order valence-electron chi connectivity index (χ1n) is 9.66. The summed E-state index contributed by atoms with van der Waals surface area (Å²) in [6, 6.07) is 0. The van der Waals surface area contributed by atoms with E-state index in [1.807, 2.05) is 15.7 Å². The number of anilines is 1. The fourth-order valence-corrected chi connectivity index (χ4v) is 3.83. The quantitative estimate of drug-likeness (QED) is 0.854. The van der Waals surface area contributed by atoms with Gasteiger partial charge in [0.25, 0.3) is 5.91 Å². The second-order valence-corrected chi connectivity index (χ2v) is 7.83. The maximum Gasteiger partial charge on any atom is 0.251 e. The van der Waals surface area contributed by atoms with Gasteiger partial charge in [-0.1, -0.05) is 13.8 Å². The molecule has 0 aliphatic carbocycles. The Labute approximate surface area is 163 Å². The first kappa shape index (κ1) is 18.8. The molecule has 0 bridgehead atoms. The molecule has 1 amide bonds. The van der Waals surface area contributed by atoms with Crippen LogP contribution in [-0.4, -0.2) is 51.2 Å². The fourth-order valence-electron chi connectivity index (χ4n) is 3.83. The predicted octanol–water partition coefficient (Wildman–Crippen LogP) is 1.48. The molecule has 9 heteroatoms. The summed E-state index contributed by atoms with van der Waals surface area (Å²) in [5, 5.41) is 2.97. The molecule has 0 aromatic carbocycles. The van der Waals surface area contributed by atoms with Crippen LogP contribution in [0.5, 0.6) is 0 Å². The number of hydrogen-bond acceptors (Lipinski definition) is 6. The second kappa shape index (κ2) is 7.46. The molecular formula is C19H25FN6O2. The molecule has 1 fully saturated rings. The maximum atomic E-state index is 13.1. The number of carbonyl (C=O) groups excluding carboxylic acids is 1. The second-order valence-electron chi connectivity index (χ2n) is 7.83. The van der Waals surface area contributed by atoms with E-state index in [0.717, 1.165) is 5.82 Å². The van der Waals surface area contributed by atoms with Gasteiger partial charge >= 0.3 is 0 Å². The molecule has 4 rings (SSSR count). The molecule has 1 unspecified atom stereocenters. The van der Waals surface area contributed by atoms with Crippen LogP contribution in [0.4, 0.5) is 10.3 Å². The van der Waals surface area contributed by atoms with Crippen molar-refractivity contribution >= 4 is 11.9 Å². The van der Waals surface area contributed by atoms with Gasteiger partial charge < -0.3 is 19.5 Å². The molecule has 28 heavy (non-hydrogen) atoms. The summed E-state index contributed by atoms with van der Waals surface area (Å²) in [6.07, 6.45) is 6.76. The van der Waals surface area contributed by atoms with Crippen molar-refractivity contribution in [3.05, 3.63) is 36.4 Å². The summed E-state index contributed by atoms with van der Waals surface area (Å²) in [5.74, 6) is 1.20. The lowest BCUT2D eigenvalue weighted by molar-refractivity contribution is -0.167. The molecule has 2 aromatic rings. The van der Waals surface area contributed by atoms with E-state index in [9.17, 15) is 9.18 Å². The fraction of sp³-hybridized carbons (Fsp3) is 0.579. The summed E-state index contributed by atoms with van der Waals surface area (Å²) < 4.78 is 21.5. The molecule has 1 atom stereocenters. The summed E-state index contributed by atoms with van der Waals surface area (Å²) in [5.41, 5.74) is -0.613. The van der Waals surface area contributed by atoms with Gasteiger partial charge in [-0.3, -0.25) is 4.79 Å².